The summed E-state index contributed by atoms with van der Waals surface area (Å²) in [4.78, 5) is 47.3. The molecule has 0 atom stereocenters. The molecule has 0 spiro atoms. The van der Waals surface area contributed by atoms with Crippen molar-refractivity contribution < 1.29 is 89.2 Å². The van der Waals surface area contributed by atoms with Crippen LogP contribution in [0.5, 0.6) is 0 Å². The molecule has 1 aliphatic rings. The number of carbonyl (C=O) groups is 4. The number of piperazine rings is 1. The molecule has 0 amide bonds. The Kier molecular flexibility index (Phi) is 26.5. The number of aromatic carboxylic acids is 4. The standard InChI is InChI=1S/2C7H5NO4.C4H10N2.Cu.4H2O/c2*9-6(10)4-2-1-3-5(8-4)7(11)12;1-2-6-4-3-5-1;;;;;/h2*1-3H,(H,9,10)(H,11,12);5-6H,1-4H2;;4*1H2/q;;;+2;;;;/p-2. The molecular weight excluding hydrogens is 528 g/mol. The summed E-state index contributed by atoms with van der Waals surface area (Å²) in [7, 11) is 0. The molecule has 0 aliphatic carbocycles. The Morgan fingerprint density at radius 2 is 0.743 bits per heavy atom. The second-order valence-electron chi connectivity index (χ2n) is 5.70. The minimum absolute atomic E-state index is 0. The van der Waals surface area contributed by atoms with Crippen molar-refractivity contribution in [3.8, 4) is 0 Å². The van der Waals surface area contributed by atoms with Crippen LogP contribution in [0, 0.1) is 0 Å². The summed E-state index contributed by atoms with van der Waals surface area (Å²) >= 11 is 0. The molecule has 17 heteroatoms. The van der Waals surface area contributed by atoms with Crippen LogP contribution >= 0.6 is 0 Å². The second kappa shape index (κ2) is 22.3. The van der Waals surface area contributed by atoms with Crippen LogP contribution in [0.4, 0.5) is 0 Å². The molecule has 12 N–H and O–H groups in total. The summed E-state index contributed by atoms with van der Waals surface area (Å²) in [6, 6.07) is 7.07. The van der Waals surface area contributed by atoms with E-state index >= 15 is 0 Å². The van der Waals surface area contributed by atoms with E-state index in [-0.39, 0.29) is 39.0 Å². The van der Waals surface area contributed by atoms with Gasteiger partial charge in [-0.1, -0.05) is 12.1 Å². The average Bonchev–Trinajstić information content (AvgIpc) is 2.76. The summed E-state index contributed by atoms with van der Waals surface area (Å²) in [5.41, 5.74) is -1.68. The summed E-state index contributed by atoms with van der Waals surface area (Å²) < 4.78 is 0. The van der Waals surface area contributed by atoms with E-state index in [0.29, 0.717) is 0 Å². The normalized spacial score (nSPS) is 10.5. The quantitative estimate of drug-likeness (QED) is 0.336. The van der Waals surface area contributed by atoms with Gasteiger partial charge in [0.1, 0.15) is 26.2 Å². The van der Waals surface area contributed by atoms with Crippen LogP contribution in [0.2, 0.25) is 0 Å². The van der Waals surface area contributed by atoms with Gasteiger partial charge in [0.25, 0.3) is 0 Å². The van der Waals surface area contributed by atoms with E-state index in [1.54, 1.807) is 0 Å². The number of hydrogen-bond acceptors (Lipinski definition) is 10. The fourth-order valence-electron chi connectivity index (χ4n) is 2.08. The van der Waals surface area contributed by atoms with Crippen molar-refractivity contribution in [2.75, 3.05) is 26.2 Å². The first-order valence-corrected chi connectivity index (χ1v) is 8.65. The molecule has 16 nitrogen and oxygen atoms in total. The molecule has 1 aliphatic heterocycles. The molecule has 0 saturated carbocycles. The van der Waals surface area contributed by atoms with Crippen LogP contribution in [0.15, 0.2) is 36.4 Å². The van der Waals surface area contributed by atoms with Gasteiger partial charge in [0.2, 0.25) is 0 Å². The summed E-state index contributed by atoms with van der Waals surface area (Å²) in [5.74, 6) is -6.06. The third-order valence-corrected chi connectivity index (χ3v) is 3.48. The predicted octanol–water partition coefficient (Wildman–Crippen LogP) is -10.6. The first kappa shape index (κ1) is 41.7. The molecule has 0 aromatic carbocycles. The van der Waals surface area contributed by atoms with Crippen molar-refractivity contribution in [2.45, 2.75) is 0 Å². The number of carboxylic acid groups (broad SMARTS) is 4. The van der Waals surface area contributed by atoms with Gasteiger partial charge in [-0.15, -0.1) is 0 Å². The fourth-order valence-corrected chi connectivity index (χ4v) is 2.08. The number of aromatic nitrogens is 2. The zero-order valence-electron chi connectivity index (χ0n) is 17.9. The Labute approximate surface area is 208 Å². The van der Waals surface area contributed by atoms with Crippen LogP contribution < -0.4 is 31.1 Å². The van der Waals surface area contributed by atoms with Gasteiger partial charge in [0.15, 0.2) is 0 Å². The SMILES string of the molecule is C1C[NH2+]CC[NH2+]1.O.O.O.O.O=C([O-])c1cccc(C(=O)[O-])n1.O=C([O-])c1cccc(C(=O)[O-])n1.[Cu+2]. The fraction of sp³-hybridized carbons (Fsp3) is 0.222. The Morgan fingerprint density at radius 3 is 0.886 bits per heavy atom. The van der Waals surface area contributed by atoms with Crippen molar-refractivity contribution >= 4 is 23.9 Å². The summed E-state index contributed by atoms with van der Waals surface area (Å²) in [5, 5.41) is 45.5. The van der Waals surface area contributed by atoms with E-state index in [1.165, 1.54) is 38.3 Å². The minimum Gasteiger partial charge on any atom is -0.543 e. The van der Waals surface area contributed by atoms with Gasteiger partial charge in [-0.25, -0.2) is 9.97 Å². The number of hydrogen-bond donors (Lipinski definition) is 2. The van der Waals surface area contributed by atoms with Crippen LogP contribution in [0.25, 0.3) is 0 Å². The number of nitrogens with two attached hydrogens (primary N) is 2. The van der Waals surface area contributed by atoms with Crippen molar-refractivity contribution in [2.24, 2.45) is 0 Å². The first-order chi connectivity index (χ1) is 14.2. The van der Waals surface area contributed by atoms with Crippen molar-refractivity contribution in [3.63, 3.8) is 0 Å². The van der Waals surface area contributed by atoms with E-state index in [2.05, 4.69) is 20.6 Å². The van der Waals surface area contributed by atoms with Gasteiger partial charge < -0.3 is 72.1 Å². The monoisotopic (exact) mass is 553 g/mol. The van der Waals surface area contributed by atoms with Crippen molar-refractivity contribution in [1.29, 1.82) is 0 Å². The second-order valence-corrected chi connectivity index (χ2v) is 5.70. The summed E-state index contributed by atoms with van der Waals surface area (Å²) in [6.07, 6.45) is 0. The van der Waals surface area contributed by atoms with Crippen molar-refractivity contribution in [1.82, 2.24) is 9.97 Å². The maximum absolute atomic E-state index is 10.2. The molecule has 1 saturated heterocycles. The third-order valence-electron chi connectivity index (χ3n) is 3.48. The Morgan fingerprint density at radius 1 is 0.543 bits per heavy atom. The van der Waals surface area contributed by atoms with Gasteiger partial charge in [-0.2, -0.15) is 0 Å². The number of pyridine rings is 2. The zero-order chi connectivity index (χ0) is 22.5. The topological polar surface area (TPSA) is 346 Å². The van der Waals surface area contributed by atoms with E-state index < -0.39 is 46.7 Å². The Bertz CT molecular complexity index is 775. The van der Waals surface area contributed by atoms with Crippen molar-refractivity contribution in [3.05, 3.63) is 59.2 Å². The molecule has 35 heavy (non-hydrogen) atoms. The van der Waals surface area contributed by atoms with Gasteiger partial charge in [0, 0.05) is 0 Å². The van der Waals surface area contributed by atoms with Crippen LogP contribution in [0.1, 0.15) is 42.0 Å². The number of rotatable bonds is 4. The third kappa shape index (κ3) is 16.7. The van der Waals surface area contributed by atoms with Gasteiger partial charge in [-0.3, -0.25) is 0 Å². The van der Waals surface area contributed by atoms with Gasteiger partial charge >= 0.3 is 17.1 Å². The van der Waals surface area contributed by atoms with E-state index in [0.717, 1.165) is 24.3 Å². The Hall–Kier alpha value is -3.54. The van der Waals surface area contributed by atoms with E-state index in [1.807, 2.05) is 0 Å². The van der Waals surface area contributed by atoms with Crippen LogP contribution in [-0.4, -0.2) is 81.9 Å². The van der Waals surface area contributed by atoms with Gasteiger partial charge in [-0.05, 0) is 24.3 Å². The summed E-state index contributed by atoms with van der Waals surface area (Å²) in [6.45, 7) is 5.28. The molecule has 1 fully saturated rings. The maximum atomic E-state index is 10.2. The molecule has 0 bridgehead atoms. The molecule has 1 radical (unpaired) electrons. The van der Waals surface area contributed by atoms with Gasteiger partial charge in [0.05, 0.1) is 46.7 Å². The number of carboxylic acids is 4. The molecule has 0 unspecified atom stereocenters. The molecule has 2 aromatic rings. The van der Waals surface area contributed by atoms with E-state index in [4.69, 9.17) is 0 Å². The number of quaternary nitrogens is 2. The minimum atomic E-state index is -1.52. The van der Waals surface area contributed by atoms with E-state index in [9.17, 15) is 39.6 Å². The largest absolute Gasteiger partial charge is 2.00 e. The molecular formula is C18H26CuN4O12. The molecule has 2 aromatic heterocycles. The number of nitrogens with zero attached hydrogens (tertiary/aromatic N) is 2. The smallest absolute Gasteiger partial charge is 0.543 e. The predicted molar refractivity (Wildman–Crippen MR) is 104 cm³/mol. The average molecular weight is 554 g/mol. The zero-order valence-corrected chi connectivity index (χ0v) is 18.9. The molecule has 3 heterocycles. The van der Waals surface area contributed by atoms with Crippen LogP contribution in [0.3, 0.4) is 0 Å². The van der Waals surface area contributed by atoms with Crippen LogP contribution in [-0.2, 0) is 17.1 Å². The Balaban J connectivity index is -0.000000125. The number of carbonyl (C=O) groups excluding carboxylic acids is 4. The molecule has 3 rings (SSSR count). The maximum Gasteiger partial charge on any atom is 2.00 e. The first-order valence-electron chi connectivity index (χ1n) is 8.65. The molecule has 201 valence electrons.